The van der Waals surface area contributed by atoms with Gasteiger partial charge in [0.15, 0.2) is 0 Å². The van der Waals surface area contributed by atoms with Crippen LogP contribution in [0.15, 0.2) is 194 Å². The third-order valence-corrected chi connectivity index (χ3v) is 11.4. The van der Waals surface area contributed by atoms with E-state index in [0.717, 1.165) is 33.4 Å². The van der Waals surface area contributed by atoms with E-state index in [1.54, 1.807) is 0 Å². The minimum absolute atomic E-state index is 0.368. The van der Waals surface area contributed by atoms with Crippen molar-refractivity contribution in [3.8, 4) is 67.0 Å². The van der Waals surface area contributed by atoms with Crippen LogP contribution in [-0.2, 0) is 5.41 Å². The van der Waals surface area contributed by atoms with Gasteiger partial charge in [0, 0.05) is 11.6 Å². The van der Waals surface area contributed by atoms with Gasteiger partial charge in [0.1, 0.15) is 0 Å². The Bertz CT molecular complexity index is 2820. The predicted octanol–water partition coefficient (Wildman–Crippen LogP) is 12.6. The summed E-state index contributed by atoms with van der Waals surface area (Å²) in [7, 11) is 0. The van der Waals surface area contributed by atoms with Gasteiger partial charge >= 0.3 is 0 Å². The number of rotatable bonds is 4. The van der Waals surface area contributed by atoms with Gasteiger partial charge in [-0.2, -0.15) is 0 Å². The summed E-state index contributed by atoms with van der Waals surface area (Å²) < 4.78 is 0. The summed E-state index contributed by atoms with van der Waals surface area (Å²) in [6.45, 7) is 0. The lowest BCUT2D eigenvalue weighted by Crippen LogP contribution is -2.25. The Morgan fingerprint density at radius 1 is 0.321 bits per heavy atom. The molecule has 0 saturated heterocycles. The maximum Gasteiger partial charge on any atom is 0.0900 e. The monoisotopic (exact) mass is 672 g/mol. The summed E-state index contributed by atoms with van der Waals surface area (Å²) in [6, 6.07) is 68.5. The van der Waals surface area contributed by atoms with Gasteiger partial charge < -0.3 is 0 Å². The summed E-state index contributed by atoms with van der Waals surface area (Å²) in [5, 5.41) is 1.13. The lowest BCUT2D eigenvalue weighted by atomic mass is 9.70. The molecule has 0 atom stereocenters. The summed E-state index contributed by atoms with van der Waals surface area (Å²) in [5.41, 5.74) is 20.2. The Balaban J connectivity index is 1.05. The zero-order valence-electron chi connectivity index (χ0n) is 28.9. The summed E-state index contributed by atoms with van der Waals surface area (Å²) in [5.74, 6) is 0. The SMILES string of the molecule is c1ccc(-c2cc(-c3ccc(-c4ccccc4-c4ccc5c(c4)C4(c6ccccc6-c6ccccc64)c4ccccc4-5)cc3)c3ccccc3n2)nc1. The van der Waals surface area contributed by atoms with Crippen LogP contribution in [0, 0.1) is 0 Å². The summed E-state index contributed by atoms with van der Waals surface area (Å²) >= 11 is 0. The molecule has 0 saturated carbocycles. The molecule has 0 N–H and O–H groups in total. The van der Waals surface area contributed by atoms with E-state index in [2.05, 4.69) is 169 Å². The average molecular weight is 673 g/mol. The maximum absolute atomic E-state index is 4.97. The quantitative estimate of drug-likeness (QED) is 0.186. The first-order valence-electron chi connectivity index (χ1n) is 18.2. The Kier molecular flexibility index (Phi) is 6.50. The van der Waals surface area contributed by atoms with Crippen molar-refractivity contribution in [1.29, 1.82) is 0 Å². The van der Waals surface area contributed by atoms with Crippen LogP contribution >= 0.6 is 0 Å². The molecule has 0 bridgehead atoms. The molecule has 2 aliphatic carbocycles. The standard InChI is InChI=1S/C51H32N2/c1-2-14-37(36(13-1)33-24-26-34(27-25-33)43-32-50(49-23-11-12-30-52-49)53-48-22-10-6-18-42(43)48)35-28-29-41-40-17-5-9-21-46(40)51(47(41)31-35)44-19-7-3-15-38(44)39-16-4-8-20-45(39)51/h1-32H. The smallest absolute Gasteiger partial charge is 0.0900 e. The lowest BCUT2D eigenvalue weighted by molar-refractivity contribution is 0.794. The van der Waals surface area contributed by atoms with Crippen molar-refractivity contribution >= 4 is 10.9 Å². The largest absolute Gasteiger partial charge is 0.255 e. The fourth-order valence-corrected chi connectivity index (χ4v) is 9.14. The van der Waals surface area contributed by atoms with Crippen LogP contribution in [0.2, 0.25) is 0 Å². The Morgan fingerprint density at radius 2 is 0.811 bits per heavy atom. The van der Waals surface area contributed by atoms with Crippen LogP contribution in [0.4, 0.5) is 0 Å². The maximum atomic E-state index is 4.97. The van der Waals surface area contributed by atoms with E-state index >= 15 is 0 Å². The first-order valence-corrected chi connectivity index (χ1v) is 18.2. The van der Waals surface area contributed by atoms with E-state index in [-0.39, 0.29) is 5.41 Å². The van der Waals surface area contributed by atoms with Crippen molar-refractivity contribution < 1.29 is 0 Å². The van der Waals surface area contributed by atoms with Gasteiger partial charge in [-0.1, -0.05) is 158 Å². The van der Waals surface area contributed by atoms with E-state index in [9.17, 15) is 0 Å². The van der Waals surface area contributed by atoms with Gasteiger partial charge in [0.05, 0.1) is 22.3 Å². The van der Waals surface area contributed by atoms with Crippen molar-refractivity contribution in [3.63, 3.8) is 0 Å². The first kappa shape index (κ1) is 29.8. The molecule has 0 amide bonds. The molecule has 7 aromatic carbocycles. The third-order valence-electron chi connectivity index (χ3n) is 11.4. The van der Waals surface area contributed by atoms with Crippen LogP contribution in [0.3, 0.4) is 0 Å². The molecule has 2 heterocycles. The number of pyridine rings is 2. The van der Waals surface area contributed by atoms with Gasteiger partial charge in [0.25, 0.3) is 0 Å². The fourth-order valence-electron chi connectivity index (χ4n) is 9.14. The Labute approximate surface area is 308 Å². The second-order valence-corrected chi connectivity index (χ2v) is 14.1. The molecule has 2 nitrogen and oxygen atoms in total. The minimum atomic E-state index is -0.368. The number of hydrogen-bond donors (Lipinski definition) is 0. The Morgan fingerprint density at radius 3 is 1.43 bits per heavy atom. The van der Waals surface area contributed by atoms with Crippen molar-refractivity contribution in [2.24, 2.45) is 0 Å². The molecular formula is C51H32N2. The molecule has 0 aliphatic heterocycles. The van der Waals surface area contributed by atoms with Crippen molar-refractivity contribution in [2.45, 2.75) is 5.41 Å². The van der Waals surface area contributed by atoms with Crippen LogP contribution in [-0.4, -0.2) is 9.97 Å². The Hall–Kier alpha value is -6.90. The van der Waals surface area contributed by atoms with E-state index in [1.807, 2.05) is 30.5 Å². The molecule has 0 unspecified atom stereocenters. The number of fused-ring (bicyclic) bond motifs is 11. The highest BCUT2D eigenvalue weighted by Gasteiger charge is 2.51. The molecule has 2 heteroatoms. The molecule has 2 aromatic heterocycles. The topological polar surface area (TPSA) is 25.8 Å². The molecular weight excluding hydrogens is 641 g/mol. The molecule has 53 heavy (non-hydrogen) atoms. The third kappa shape index (κ3) is 4.33. The zero-order valence-corrected chi connectivity index (χ0v) is 28.9. The van der Waals surface area contributed by atoms with Crippen molar-refractivity contribution in [1.82, 2.24) is 9.97 Å². The highest BCUT2D eigenvalue weighted by molar-refractivity contribution is 5.98. The molecule has 246 valence electrons. The van der Waals surface area contributed by atoms with E-state index < -0.39 is 0 Å². The van der Waals surface area contributed by atoms with Crippen LogP contribution in [0.25, 0.3) is 77.9 Å². The lowest BCUT2D eigenvalue weighted by Gasteiger charge is -2.30. The molecule has 9 aromatic rings. The number of aromatic nitrogens is 2. The number of nitrogens with zero attached hydrogens (tertiary/aromatic N) is 2. The molecule has 11 rings (SSSR count). The first-order chi connectivity index (χ1) is 26.3. The summed E-state index contributed by atoms with van der Waals surface area (Å²) in [6.07, 6.45) is 1.82. The van der Waals surface area contributed by atoms with Crippen molar-refractivity contribution in [2.75, 3.05) is 0 Å². The normalized spacial score (nSPS) is 13.1. The van der Waals surface area contributed by atoms with Gasteiger partial charge in [0.2, 0.25) is 0 Å². The number of benzene rings is 7. The van der Waals surface area contributed by atoms with Crippen LogP contribution in [0.1, 0.15) is 22.3 Å². The molecule has 0 fully saturated rings. The number of hydrogen-bond acceptors (Lipinski definition) is 2. The van der Waals surface area contributed by atoms with E-state index in [4.69, 9.17) is 4.98 Å². The van der Waals surface area contributed by atoms with Gasteiger partial charge in [-0.05, 0) is 108 Å². The van der Waals surface area contributed by atoms with Crippen LogP contribution in [0.5, 0.6) is 0 Å². The van der Waals surface area contributed by atoms with Gasteiger partial charge in [-0.25, -0.2) is 4.98 Å². The molecule has 1 spiro atoms. The predicted molar refractivity (Wildman–Crippen MR) is 218 cm³/mol. The second kappa shape index (κ2) is 11.6. The zero-order chi connectivity index (χ0) is 34.9. The van der Waals surface area contributed by atoms with Gasteiger partial charge in [-0.15, -0.1) is 0 Å². The highest BCUT2D eigenvalue weighted by Crippen LogP contribution is 2.63. The molecule has 2 aliphatic rings. The van der Waals surface area contributed by atoms with Gasteiger partial charge in [-0.3, -0.25) is 4.98 Å². The fraction of sp³-hybridized carbons (Fsp3) is 0.0196. The highest BCUT2D eigenvalue weighted by atomic mass is 14.8. The van der Waals surface area contributed by atoms with Crippen molar-refractivity contribution in [3.05, 3.63) is 217 Å². The second-order valence-electron chi connectivity index (χ2n) is 14.1. The number of para-hydroxylation sites is 1. The van der Waals surface area contributed by atoms with Crippen LogP contribution < -0.4 is 0 Å². The van der Waals surface area contributed by atoms with E-state index in [0.29, 0.717) is 0 Å². The summed E-state index contributed by atoms with van der Waals surface area (Å²) in [4.78, 5) is 9.57. The minimum Gasteiger partial charge on any atom is -0.255 e. The van der Waals surface area contributed by atoms with E-state index in [1.165, 1.54) is 66.8 Å². The molecule has 0 radical (unpaired) electrons. The average Bonchev–Trinajstić information content (AvgIpc) is 3.71.